The van der Waals surface area contributed by atoms with Crippen molar-refractivity contribution in [1.82, 2.24) is 15.3 Å². The van der Waals surface area contributed by atoms with Crippen LogP contribution in [0.4, 0.5) is 0 Å². The Morgan fingerprint density at radius 1 is 1.14 bits per heavy atom. The largest absolute Gasteiger partial charge is 0.348 e. The third-order valence-electron chi connectivity index (χ3n) is 3.85. The van der Waals surface area contributed by atoms with Crippen molar-refractivity contribution in [3.05, 3.63) is 53.6 Å². The van der Waals surface area contributed by atoms with Gasteiger partial charge in [0.15, 0.2) is 0 Å². The molecule has 0 fully saturated rings. The van der Waals surface area contributed by atoms with Crippen LogP contribution in [0.5, 0.6) is 0 Å². The summed E-state index contributed by atoms with van der Waals surface area (Å²) in [6, 6.07) is 9.34. The lowest BCUT2D eigenvalue weighted by Gasteiger charge is -2.24. The Hall–Kier alpha value is -1.61. The first-order chi connectivity index (χ1) is 9.88. The second kappa shape index (κ2) is 6.44. The number of imidazole rings is 1. The van der Waals surface area contributed by atoms with Gasteiger partial charge in [0, 0.05) is 18.4 Å². The third kappa shape index (κ3) is 4.18. The first-order valence-corrected chi connectivity index (χ1v) is 7.70. The van der Waals surface area contributed by atoms with Crippen LogP contribution in [0.15, 0.2) is 36.7 Å². The van der Waals surface area contributed by atoms with E-state index < -0.39 is 0 Å². The lowest BCUT2D eigenvalue weighted by atomic mass is 9.85. The maximum atomic E-state index is 4.27. The van der Waals surface area contributed by atoms with E-state index in [1.54, 1.807) is 6.20 Å². The van der Waals surface area contributed by atoms with Crippen molar-refractivity contribution in [1.29, 1.82) is 0 Å². The predicted molar refractivity (Wildman–Crippen MR) is 88.1 cm³/mol. The van der Waals surface area contributed by atoms with Crippen LogP contribution in [0.1, 0.15) is 57.6 Å². The SMILES string of the molecule is CC(C)C(NCc1ncc[nH]1)c1ccc(C(C)(C)C)cc1. The minimum Gasteiger partial charge on any atom is -0.348 e. The quantitative estimate of drug-likeness (QED) is 0.864. The number of nitrogens with one attached hydrogen (secondary N) is 2. The van der Waals surface area contributed by atoms with Gasteiger partial charge in [0.2, 0.25) is 0 Å². The van der Waals surface area contributed by atoms with E-state index >= 15 is 0 Å². The summed E-state index contributed by atoms with van der Waals surface area (Å²) in [4.78, 5) is 7.41. The Labute approximate surface area is 128 Å². The van der Waals surface area contributed by atoms with Crippen LogP contribution in [0.3, 0.4) is 0 Å². The summed E-state index contributed by atoms with van der Waals surface area (Å²) in [6.07, 6.45) is 3.65. The number of aromatic amines is 1. The summed E-state index contributed by atoms with van der Waals surface area (Å²) in [5, 5.41) is 3.60. The van der Waals surface area contributed by atoms with Gasteiger partial charge < -0.3 is 10.3 Å². The van der Waals surface area contributed by atoms with Crippen LogP contribution < -0.4 is 5.32 Å². The monoisotopic (exact) mass is 285 g/mol. The molecule has 0 saturated heterocycles. The molecule has 0 bridgehead atoms. The van der Waals surface area contributed by atoms with Crippen molar-refractivity contribution < 1.29 is 0 Å². The van der Waals surface area contributed by atoms with Gasteiger partial charge in [0.25, 0.3) is 0 Å². The number of benzene rings is 1. The first kappa shape index (κ1) is 15.8. The zero-order chi connectivity index (χ0) is 15.5. The zero-order valence-electron chi connectivity index (χ0n) is 13.8. The van der Waals surface area contributed by atoms with E-state index in [0.717, 1.165) is 12.4 Å². The molecule has 0 aliphatic rings. The minimum absolute atomic E-state index is 0.202. The molecule has 21 heavy (non-hydrogen) atoms. The van der Waals surface area contributed by atoms with Crippen LogP contribution in [-0.2, 0) is 12.0 Å². The summed E-state index contributed by atoms with van der Waals surface area (Å²) < 4.78 is 0. The number of aromatic nitrogens is 2. The van der Waals surface area contributed by atoms with Gasteiger partial charge in [-0.05, 0) is 22.5 Å². The number of hydrogen-bond donors (Lipinski definition) is 2. The Balaban J connectivity index is 2.11. The van der Waals surface area contributed by atoms with Gasteiger partial charge in [-0.2, -0.15) is 0 Å². The van der Waals surface area contributed by atoms with Crippen molar-refractivity contribution in [2.45, 2.75) is 52.6 Å². The van der Waals surface area contributed by atoms with Gasteiger partial charge in [-0.15, -0.1) is 0 Å². The predicted octanol–water partition coefficient (Wildman–Crippen LogP) is 4.19. The fraction of sp³-hybridized carbons (Fsp3) is 0.500. The molecule has 2 aromatic rings. The average molecular weight is 285 g/mol. The van der Waals surface area contributed by atoms with Crippen molar-refractivity contribution in [3.8, 4) is 0 Å². The first-order valence-electron chi connectivity index (χ1n) is 7.70. The molecule has 3 nitrogen and oxygen atoms in total. The number of nitrogens with zero attached hydrogens (tertiary/aromatic N) is 1. The number of hydrogen-bond acceptors (Lipinski definition) is 2. The van der Waals surface area contributed by atoms with E-state index in [-0.39, 0.29) is 5.41 Å². The fourth-order valence-corrected chi connectivity index (χ4v) is 2.53. The molecule has 0 saturated carbocycles. The average Bonchev–Trinajstić information content (AvgIpc) is 2.91. The smallest absolute Gasteiger partial charge is 0.120 e. The van der Waals surface area contributed by atoms with Gasteiger partial charge in [-0.3, -0.25) is 0 Å². The highest BCUT2D eigenvalue weighted by Gasteiger charge is 2.18. The molecule has 2 rings (SSSR count). The fourth-order valence-electron chi connectivity index (χ4n) is 2.53. The van der Waals surface area contributed by atoms with E-state index in [2.05, 4.69) is 74.2 Å². The second-order valence-electron chi connectivity index (χ2n) is 7.01. The molecule has 3 heteroatoms. The molecule has 0 aliphatic heterocycles. The van der Waals surface area contributed by atoms with E-state index in [1.807, 2.05) is 6.20 Å². The number of rotatable bonds is 5. The molecule has 1 aromatic carbocycles. The molecular weight excluding hydrogens is 258 g/mol. The lowest BCUT2D eigenvalue weighted by molar-refractivity contribution is 0.406. The van der Waals surface area contributed by atoms with Crippen LogP contribution in [0.2, 0.25) is 0 Å². The molecule has 0 amide bonds. The van der Waals surface area contributed by atoms with Gasteiger partial charge in [-0.1, -0.05) is 58.9 Å². The Morgan fingerprint density at radius 2 is 1.81 bits per heavy atom. The molecule has 0 spiro atoms. The lowest BCUT2D eigenvalue weighted by Crippen LogP contribution is -2.26. The standard InChI is InChI=1S/C18H27N3/c1-13(2)17(21-12-16-19-10-11-20-16)14-6-8-15(9-7-14)18(3,4)5/h6-11,13,17,21H,12H2,1-5H3,(H,19,20). The molecule has 0 aliphatic carbocycles. The normalized spacial score (nSPS) is 13.6. The zero-order valence-corrected chi connectivity index (χ0v) is 13.8. The van der Waals surface area contributed by atoms with Gasteiger partial charge in [-0.25, -0.2) is 4.98 Å². The highest BCUT2D eigenvalue weighted by atomic mass is 15.0. The van der Waals surface area contributed by atoms with Crippen LogP contribution in [0, 0.1) is 5.92 Å². The molecule has 1 heterocycles. The summed E-state index contributed by atoms with van der Waals surface area (Å²) in [5.41, 5.74) is 2.91. The molecule has 114 valence electrons. The highest BCUT2D eigenvalue weighted by Crippen LogP contribution is 2.26. The van der Waals surface area contributed by atoms with Crippen molar-refractivity contribution >= 4 is 0 Å². The molecule has 1 aromatic heterocycles. The van der Waals surface area contributed by atoms with Gasteiger partial charge in [0.1, 0.15) is 5.82 Å². The van der Waals surface area contributed by atoms with E-state index in [0.29, 0.717) is 12.0 Å². The molecule has 1 atom stereocenters. The Bertz CT molecular complexity index is 533. The maximum absolute atomic E-state index is 4.27. The third-order valence-corrected chi connectivity index (χ3v) is 3.85. The maximum Gasteiger partial charge on any atom is 0.120 e. The minimum atomic E-state index is 0.202. The molecular formula is C18H27N3. The van der Waals surface area contributed by atoms with E-state index in [1.165, 1.54) is 11.1 Å². The van der Waals surface area contributed by atoms with Crippen LogP contribution in [0.25, 0.3) is 0 Å². The molecule has 0 radical (unpaired) electrons. The summed E-state index contributed by atoms with van der Waals surface area (Å²) in [5.74, 6) is 1.51. The second-order valence-corrected chi connectivity index (χ2v) is 7.01. The summed E-state index contributed by atoms with van der Waals surface area (Å²) in [7, 11) is 0. The van der Waals surface area contributed by atoms with E-state index in [4.69, 9.17) is 0 Å². The van der Waals surface area contributed by atoms with Crippen LogP contribution >= 0.6 is 0 Å². The van der Waals surface area contributed by atoms with Crippen LogP contribution in [-0.4, -0.2) is 9.97 Å². The number of H-pyrrole nitrogens is 1. The Kier molecular flexibility index (Phi) is 4.84. The summed E-state index contributed by atoms with van der Waals surface area (Å²) >= 11 is 0. The molecule has 1 unspecified atom stereocenters. The highest BCUT2D eigenvalue weighted by molar-refractivity contribution is 5.29. The van der Waals surface area contributed by atoms with Crippen molar-refractivity contribution in [2.75, 3.05) is 0 Å². The molecule has 2 N–H and O–H groups in total. The van der Waals surface area contributed by atoms with Crippen molar-refractivity contribution in [2.24, 2.45) is 5.92 Å². The summed E-state index contributed by atoms with van der Waals surface area (Å²) in [6.45, 7) is 12.0. The Morgan fingerprint density at radius 3 is 2.29 bits per heavy atom. The van der Waals surface area contributed by atoms with Crippen molar-refractivity contribution in [3.63, 3.8) is 0 Å². The topological polar surface area (TPSA) is 40.7 Å². The van der Waals surface area contributed by atoms with Gasteiger partial charge >= 0.3 is 0 Å². The van der Waals surface area contributed by atoms with Gasteiger partial charge in [0.05, 0.1) is 6.54 Å². The van der Waals surface area contributed by atoms with E-state index in [9.17, 15) is 0 Å².